The highest BCUT2D eigenvalue weighted by atomic mass is 19.1. The minimum Gasteiger partial charge on any atom is -0.316 e. The van der Waals surface area contributed by atoms with Gasteiger partial charge in [-0.05, 0) is 31.7 Å². The Balaban J connectivity index is 2.24. The predicted molar refractivity (Wildman–Crippen MR) is 49.9 cm³/mol. The maximum atomic E-state index is 13.5. The van der Waals surface area contributed by atoms with Gasteiger partial charge in [0.2, 0.25) is 0 Å². The SMILES string of the molecule is CC(C)CC(F)C1CCCNC1. The van der Waals surface area contributed by atoms with Crippen LogP contribution in [0.25, 0.3) is 0 Å². The molecule has 2 heteroatoms. The molecule has 0 bridgehead atoms. The summed E-state index contributed by atoms with van der Waals surface area (Å²) < 4.78 is 13.5. The van der Waals surface area contributed by atoms with E-state index < -0.39 is 6.17 Å². The first-order valence-corrected chi connectivity index (χ1v) is 5.05. The monoisotopic (exact) mass is 173 g/mol. The molecule has 2 atom stereocenters. The summed E-state index contributed by atoms with van der Waals surface area (Å²) in [6, 6.07) is 0. The van der Waals surface area contributed by atoms with Gasteiger partial charge >= 0.3 is 0 Å². The molecule has 0 aromatic heterocycles. The Labute approximate surface area is 74.7 Å². The van der Waals surface area contributed by atoms with Crippen molar-refractivity contribution in [3.8, 4) is 0 Å². The lowest BCUT2D eigenvalue weighted by atomic mass is 9.90. The number of halogens is 1. The number of piperidine rings is 1. The van der Waals surface area contributed by atoms with Crippen molar-refractivity contribution < 1.29 is 4.39 Å². The Morgan fingerprint density at radius 3 is 2.75 bits per heavy atom. The van der Waals surface area contributed by atoms with Crippen LogP contribution in [0, 0.1) is 11.8 Å². The Bertz CT molecular complexity index is 119. The van der Waals surface area contributed by atoms with Gasteiger partial charge in [0, 0.05) is 12.5 Å². The summed E-state index contributed by atoms with van der Waals surface area (Å²) in [5, 5.41) is 3.25. The second-order valence-electron chi connectivity index (χ2n) is 4.25. The first-order chi connectivity index (χ1) is 5.70. The quantitative estimate of drug-likeness (QED) is 0.691. The molecule has 0 aliphatic carbocycles. The summed E-state index contributed by atoms with van der Waals surface area (Å²) in [7, 11) is 0. The smallest absolute Gasteiger partial charge is 0.104 e. The standard InChI is InChI=1S/C10H20FN/c1-8(2)6-10(11)9-4-3-5-12-7-9/h8-10,12H,3-7H2,1-2H3. The number of hydrogen-bond donors (Lipinski definition) is 1. The lowest BCUT2D eigenvalue weighted by Gasteiger charge is -2.26. The molecule has 12 heavy (non-hydrogen) atoms. The van der Waals surface area contributed by atoms with Crippen LogP contribution in [0.3, 0.4) is 0 Å². The van der Waals surface area contributed by atoms with E-state index in [2.05, 4.69) is 19.2 Å². The van der Waals surface area contributed by atoms with Crippen LogP contribution in [0.15, 0.2) is 0 Å². The lowest BCUT2D eigenvalue weighted by Crippen LogP contribution is -2.35. The minimum absolute atomic E-state index is 0.279. The first kappa shape index (κ1) is 9.97. The fourth-order valence-corrected chi connectivity index (χ4v) is 1.83. The second-order valence-corrected chi connectivity index (χ2v) is 4.25. The van der Waals surface area contributed by atoms with Crippen LogP contribution < -0.4 is 5.32 Å². The minimum atomic E-state index is -0.585. The lowest BCUT2D eigenvalue weighted by molar-refractivity contribution is 0.166. The molecule has 72 valence electrons. The third kappa shape index (κ3) is 3.10. The molecule has 0 saturated carbocycles. The van der Waals surface area contributed by atoms with Gasteiger partial charge in [0.15, 0.2) is 0 Å². The molecule has 0 aromatic carbocycles. The van der Waals surface area contributed by atoms with Gasteiger partial charge in [0.25, 0.3) is 0 Å². The second kappa shape index (κ2) is 4.80. The zero-order chi connectivity index (χ0) is 8.97. The maximum absolute atomic E-state index is 13.5. The summed E-state index contributed by atoms with van der Waals surface area (Å²) in [5.41, 5.74) is 0. The van der Waals surface area contributed by atoms with Crippen LogP contribution in [0.1, 0.15) is 33.1 Å². The molecular formula is C10H20FN. The summed E-state index contributed by atoms with van der Waals surface area (Å²) in [6.45, 7) is 6.13. The van der Waals surface area contributed by atoms with Crippen molar-refractivity contribution in [2.24, 2.45) is 11.8 Å². The zero-order valence-corrected chi connectivity index (χ0v) is 8.15. The van der Waals surface area contributed by atoms with E-state index >= 15 is 0 Å². The molecule has 1 aliphatic heterocycles. The van der Waals surface area contributed by atoms with Gasteiger partial charge in [0.1, 0.15) is 6.17 Å². The third-order valence-corrected chi connectivity index (χ3v) is 2.54. The molecule has 1 heterocycles. The highest BCUT2D eigenvalue weighted by Crippen LogP contribution is 2.22. The van der Waals surface area contributed by atoms with E-state index in [0.29, 0.717) is 5.92 Å². The van der Waals surface area contributed by atoms with E-state index in [9.17, 15) is 4.39 Å². The largest absolute Gasteiger partial charge is 0.316 e. The van der Waals surface area contributed by atoms with Gasteiger partial charge in [-0.3, -0.25) is 0 Å². The van der Waals surface area contributed by atoms with Crippen molar-refractivity contribution in [1.82, 2.24) is 5.32 Å². The van der Waals surface area contributed by atoms with E-state index in [1.807, 2.05) is 0 Å². The van der Waals surface area contributed by atoms with Crippen molar-refractivity contribution in [3.05, 3.63) is 0 Å². The molecule has 1 nitrogen and oxygen atoms in total. The van der Waals surface area contributed by atoms with Crippen LogP contribution in [0.4, 0.5) is 4.39 Å². The molecule has 0 aromatic rings. The van der Waals surface area contributed by atoms with Crippen LogP contribution in [0.2, 0.25) is 0 Å². The Hall–Kier alpha value is -0.110. The molecule has 1 rings (SSSR count). The summed E-state index contributed by atoms with van der Waals surface area (Å²) in [6.07, 6.45) is 2.36. The molecule has 1 N–H and O–H groups in total. The normalized spacial score (nSPS) is 27.5. The first-order valence-electron chi connectivity index (χ1n) is 5.05. The zero-order valence-electron chi connectivity index (χ0n) is 8.15. The van der Waals surface area contributed by atoms with E-state index in [4.69, 9.17) is 0 Å². The Morgan fingerprint density at radius 1 is 1.50 bits per heavy atom. The van der Waals surface area contributed by atoms with E-state index in [-0.39, 0.29) is 5.92 Å². The van der Waals surface area contributed by atoms with E-state index in [0.717, 1.165) is 32.4 Å². The average molecular weight is 173 g/mol. The van der Waals surface area contributed by atoms with Crippen LogP contribution >= 0.6 is 0 Å². The highest BCUT2D eigenvalue weighted by Gasteiger charge is 2.23. The Kier molecular flexibility index (Phi) is 3.99. The van der Waals surface area contributed by atoms with Gasteiger partial charge < -0.3 is 5.32 Å². The van der Waals surface area contributed by atoms with Gasteiger partial charge in [-0.15, -0.1) is 0 Å². The maximum Gasteiger partial charge on any atom is 0.104 e. The van der Waals surface area contributed by atoms with Crippen LogP contribution in [-0.2, 0) is 0 Å². The molecule has 1 saturated heterocycles. The number of nitrogens with one attached hydrogen (secondary N) is 1. The van der Waals surface area contributed by atoms with Crippen molar-refractivity contribution in [2.75, 3.05) is 13.1 Å². The summed E-state index contributed by atoms with van der Waals surface area (Å²) in [5.74, 6) is 0.767. The van der Waals surface area contributed by atoms with Crippen LogP contribution in [-0.4, -0.2) is 19.3 Å². The number of rotatable bonds is 3. The summed E-state index contributed by atoms with van der Waals surface area (Å²) in [4.78, 5) is 0. The molecular weight excluding hydrogens is 153 g/mol. The van der Waals surface area contributed by atoms with Crippen molar-refractivity contribution in [3.63, 3.8) is 0 Å². The van der Waals surface area contributed by atoms with E-state index in [1.165, 1.54) is 0 Å². The fraction of sp³-hybridized carbons (Fsp3) is 1.00. The topological polar surface area (TPSA) is 12.0 Å². The molecule has 1 fully saturated rings. The van der Waals surface area contributed by atoms with Crippen molar-refractivity contribution in [1.29, 1.82) is 0 Å². The average Bonchev–Trinajstić information content (AvgIpc) is 2.05. The highest BCUT2D eigenvalue weighted by molar-refractivity contribution is 4.76. The third-order valence-electron chi connectivity index (χ3n) is 2.54. The number of hydrogen-bond acceptors (Lipinski definition) is 1. The molecule has 1 aliphatic rings. The molecule has 0 spiro atoms. The predicted octanol–water partition coefficient (Wildman–Crippen LogP) is 2.37. The van der Waals surface area contributed by atoms with Crippen molar-refractivity contribution >= 4 is 0 Å². The van der Waals surface area contributed by atoms with E-state index in [1.54, 1.807) is 0 Å². The van der Waals surface area contributed by atoms with Gasteiger partial charge in [-0.2, -0.15) is 0 Å². The summed E-state index contributed by atoms with van der Waals surface area (Å²) >= 11 is 0. The van der Waals surface area contributed by atoms with Gasteiger partial charge in [-0.25, -0.2) is 4.39 Å². The molecule has 2 unspecified atom stereocenters. The van der Waals surface area contributed by atoms with Gasteiger partial charge in [-0.1, -0.05) is 13.8 Å². The molecule has 0 amide bonds. The molecule has 0 radical (unpaired) electrons. The number of alkyl halides is 1. The Morgan fingerprint density at radius 2 is 2.25 bits per heavy atom. The fourth-order valence-electron chi connectivity index (χ4n) is 1.83. The van der Waals surface area contributed by atoms with Crippen molar-refractivity contribution in [2.45, 2.75) is 39.3 Å². The van der Waals surface area contributed by atoms with Gasteiger partial charge in [0.05, 0.1) is 0 Å². The van der Waals surface area contributed by atoms with Crippen LogP contribution in [0.5, 0.6) is 0 Å².